The van der Waals surface area contributed by atoms with Crippen LogP contribution in [0.2, 0.25) is 0 Å². The molecule has 17 heavy (non-hydrogen) atoms. The van der Waals surface area contributed by atoms with Crippen molar-refractivity contribution in [2.24, 2.45) is 5.41 Å². The molecule has 1 heterocycles. The zero-order chi connectivity index (χ0) is 13.1. The van der Waals surface area contributed by atoms with Gasteiger partial charge < -0.3 is 5.32 Å². The summed E-state index contributed by atoms with van der Waals surface area (Å²) in [6.45, 7) is 11.7. The van der Waals surface area contributed by atoms with E-state index in [-0.39, 0.29) is 5.41 Å². The van der Waals surface area contributed by atoms with Crippen LogP contribution in [0.5, 0.6) is 0 Å². The lowest BCUT2D eigenvalue weighted by Crippen LogP contribution is -2.14. The number of aryl methyl sites for hydroxylation is 1. The first-order chi connectivity index (χ1) is 7.83. The Balaban J connectivity index is 2.97. The molecule has 0 aliphatic heterocycles. The lowest BCUT2D eigenvalue weighted by Gasteiger charge is -2.18. The Labute approximate surface area is 113 Å². The third-order valence-electron chi connectivity index (χ3n) is 2.29. The van der Waals surface area contributed by atoms with Gasteiger partial charge in [0.05, 0.1) is 10.2 Å². The van der Waals surface area contributed by atoms with Crippen LogP contribution in [0, 0.1) is 12.3 Å². The molecule has 1 aromatic rings. The molecule has 1 aromatic heterocycles. The Morgan fingerprint density at radius 1 is 1.24 bits per heavy atom. The minimum absolute atomic E-state index is 0.211. The van der Waals surface area contributed by atoms with Crippen molar-refractivity contribution in [3.05, 3.63) is 16.0 Å². The Bertz CT molecular complexity index is 383. The average Bonchev–Trinajstić information content (AvgIpc) is 2.18. The highest BCUT2D eigenvalue weighted by atomic mass is 79.9. The molecule has 1 N–H and O–H groups in total. The molecule has 1 rings (SSSR count). The molecule has 0 saturated carbocycles. The minimum atomic E-state index is 0.211. The van der Waals surface area contributed by atoms with Crippen LogP contribution in [0.1, 0.15) is 45.6 Å². The highest BCUT2D eigenvalue weighted by Gasteiger charge is 2.16. The number of aromatic nitrogens is 2. The molecule has 3 nitrogen and oxygen atoms in total. The van der Waals surface area contributed by atoms with Gasteiger partial charge in [-0.3, -0.25) is 0 Å². The lowest BCUT2D eigenvalue weighted by atomic mass is 9.92. The lowest BCUT2D eigenvalue weighted by molar-refractivity contribution is 0.400. The fourth-order valence-corrected chi connectivity index (χ4v) is 1.85. The Morgan fingerprint density at radius 3 is 2.41 bits per heavy atom. The first-order valence-electron chi connectivity index (χ1n) is 6.10. The van der Waals surface area contributed by atoms with E-state index < -0.39 is 0 Å². The number of halogens is 1. The molecule has 96 valence electrons. The first-order valence-corrected chi connectivity index (χ1v) is 6.89. The van der Waals surface area contributed by atoms with Gasteiger partial charge in [-0.05, 0) is 34.7 Å². The van der Waals surface area contributed by atoms with Crippen LogP contribution in [-0.4, -0.2) is 16.5 Å². The number of rotatable bonds is 4. The van der Waals surface area contributed by atoms with Gasteiger partial charge in [0.1, 0.15) is 11.6 Å². The second-order valence-electron chi connectivity index (χ2n) is 5.55. The predicted octanol–water partition coefficient (Wildman–Crippen LogP) is 3.96. The van der Waals surface area contributed by atoms with Crippen molar-refractivity contribution in [2.75, 3.05) is 11.9 Å². The maximum Gasteiger partial charge on any atom is 0.144 e. The van der Waals surface area contributed by atoms with Crippen LogP contribution < -0.4 is 5.32 Å². The zero-order valence-electron chi connectivity index (χ0n) is 11.4. The topological polar surface area (TPSA) is 37.8 Å². The second kappa shape index (κ2) is 5.80. The van der Waals surface area contributed by atoms with E-state index in [0.29, 0.717) is 0 Å². The molecule has 0 fully saturated rings. The summed E-state index contributed by atoms with van der Waals surface area (Å²) in [6.07, 6.45) is 1.98. The maximum absolute atomic E-state index is 4.59. The highest BCUT2D eigenvalue weighted by Crippen LogP contribution is 2.25. The van der Waals surface area contributed by atoms with E-state index in [2.05, 4.69) is 58.9 Å². The van der Waals surface area contributed by atoms with Gasteiger partial charge in [-0.2, -0.15) is 0 Å². The summed E-state index contributed by atoms with van der Waals surface area (Å²) in [4.78, 5) is 9.12. The summed E-state index contributed by atoms with van der Waals surface area (Å²) in [6, 6.07) is 0. The first kappa shape index (κ1) is 14.4. The fourth-order valence-electron chi connectivity index (χ4n) is 1.53. The normalized spacial score (nSPS) is 11.6. The average molecular weight is 300 g/mol. The summed E-state index contributed by atoms with van der Waals surface area (Å²) in [7, 11) is 0. The third kappa shape index (κ3) is 4.62. The van der Waals surface area contributed by atoms with E-state index in [9.17, 15) is 0 Å². The van der Waals surface area contributed by atoms with Gasteiger partial charge >= 0.3 is 0 Å². The molecule has 0 amide bonds. The van der Waals surface area contributed by atoms with Crippen molar-refractivity contribution in [1.29, 1.82) is 0 Å². The molecular weight excluding hydrogens is 278 g/mol. The summed E-state index contributed by atoms with van der Waals surface area (Å²) in [5, 5.41) is 3.33. The van der Waals surface area contributed by atoms with Crippen molar-refractivity contribution in [3.8, 4) is 0 Å². The molecular formula is C13H22BrN3. The van der Waals surface area contributed by atoms with Gasteiger partial charge in [-0.15, -0.1) is 0 Å². The van der Waals surface area contributed by atoms with Gasteiger partial charge in [-0.25, -0.2) is 9.97 Å². The number of nitrogens with zero attached hydrogens (tertiary/aromatic N) is 2. The van der Waals surface area contributed by atoms with Gasteiger partial charge in [-0.1, -0.05) is 27.7 Å². The van der Waals surface area contributed by atoms with Crippen LogP contribution in [-0.2, 0) is 6.42 Å². The SMILES string of the molecule is CCCNc1nc(CC(C)(C)C)nc(C)c1Br. The van der Waals surface area contributed by atoms with Crippen molar-refractivity contribution in [2.45, 2.75) is 47.5 Å². The maximum atomic E-state index is 4.59. The third-order valence-corrected chi connectivity index (χ3v) is 3.24. The highest BCUT2D eigenvalue weighted by molar-refractivity contribution is 9.10. The summed E-state index contributed by atoms with van der Waals surface area (Å²) >= 11 is 3.54. The Kier molecular flexibility index (Phi) is 4.92. The van der Waals surface area contributed by atoms with Crippen LogP contribution in [0.4, 0.5) is 5.82 Å². The summed E-state index contributed by atoms with van der Waals surface area (Å²) < 4.78 is 0.976. The predicted molar refractivity (Wildman–Crippen MR) is 76.4 cm³/mol. The Morgan fingerprint density at radius 2 is 1.88 bits per heavy atom. The molecule has 4 heteroatoms. The molecule has 0 unspecified atom stereocenters. The molecule has 0 atom stereocenters. The summed E-state index contributed by atoms with van der Waals surface area (Å²) in [5.74, 6) is 1.83. The number of anilines is 1. The van der Waals surface area contributed by atoms with Crippen LogP contribution >= 0.6 is 15.9 Å². The van der Waals surface area contributed by atoms with E-state index in [1.165, 1.54) is 0 Å². The van der Waals surface area contributed by atoms with E-state index in [0.717, 1.165) is 41.2 Å². The van der Waals surface area contributed by atoms with Crippen molar-refractivity contribution >= 4 is 21.7 Å². The molecule has 0 aliphatic carbocycles. The van der Waals surface area contributed by atoms with Crippen LogP contribution in [0.3, 0.4) is 0 Å². The van der Waals surface area contributed by atoms with Crippen molar-refractivity contribution in [1.82, 2.24) is 9.97 Å². The van der Waals surface area contributed by atoms with E-state index in [1.807, 2.05) is 6.92 Å². The van der Waals surface area contributed by atoms with Crippen molar-refractivity contribution in [3.63, 3.8) is 0 Å². The second-order valence-corrected chi connectivity index (χ2v) is 6.35. The minimum Gasteiger partial charge on any atom is -0.369 e. The standard InChI is InChI=1S/C13H22BrN3/c1-6-7-15-12-11(14)9(2)16-10(17-12)8-13(3,4)5/h6-8H2,1-5H3,(H,15,16,17). The fraction of sp³-hybridized carbons (Fsp3) is 0.692. The zero-order valence-corrected chi connectivity index (χ0v) is 13.0. The van der Waals surface area contributed by atoms with Crippen molar-refractivity contribution < 1.29 is 0 Å². The smallest absolute Gasteiger partial charge is 0.144 e. The van der Waals surface area contributed by atoms with E-state index >= 15 is 0 Å². The number of hydrogen-bond donors (Lipinski definition) is 1. The van der Waals surface area contributed by atoms with Gasteiger partial charge in [0.25, 0.3) is 0 Å². The van der Waals surface area contributed by atoms with Gasteiger partial charge in [0, 0.05) is 13.0 Å². The molecule has 0 spiro atoms. The Hall–Kier alpha value is -0.640. The molecule has 0 bridgehead atoms. The largest absolute Gasteiger partial charge is 0.369 e. The van der Waals surface area contributed by atoms with Crippen LogP contribution in [0.15, 0.2) is 4.47 Å². The van der Waals surface area contributed by atoms with E-state index in [1.54, 1.807) is 0 Å². The van der Waals surface area contributed by atoms with Gasteiger partial charge in [0.2, 0.25) is 0 Å². The summed E-state index contributed by atoms with van der Waals surface area (Å²) in [5.41, 5.74) is 1.21. The molecule has 0 radical (unpaired) electrons. The molecule has 0 saturated heterocycles. The van der Waals surface area contributed by atoms with Gasteiger partial charge in [0.15, 0.2) is 0 Å². The quantitative estimate of drug-likeness (QED) is 0.914. The van der Waals surface area contributed by atoms with Crippen LogP contribution in [0.25, 0.3) is 0 Å². The van der Waals surface area contributed by atoms with E-state index in [4.69, 9.17) is 0 Å². The molecule has 0 aliphatic rings. The number of nitrogens with one attached hydrogen (secondary N) is 1. The number of hydrogen-bond acceptors (Lipinski definition) is 3. The molecule has 0 aromatic carbocycles. The monoisotopic (exact) mass is 299 g/mol.